The summed E-state index contributed by atoms with van der Waals surface area (Å²) in [4.78, 5) is 10.4. The van der Waals surface area contributed by atoms with E-state index in [-0.39, 0.29) is 0 Å². The quantitative estimate of drug-likeness (QED) is 0.174. The van der Waals surface area contributed by atoms with Gasteiger partial charge in [0.15, 0.2) is 0 Å². The Balaban J connectivity index is 2.98. The summed E-state index contributed by atoms with van der Waals surface area (Å²) in [5.41, 5.74) is 0. The minimum atomic E-state index is -0.657. The molecule has 2 nitrogen and oxygen atoms in total. The second-order valence-corrected chi connectivity index (χ2v) is 9.34. The van der Waals surface area contributed by atoms with Crippen molar-refractivity contribution >= 4 is 17.7 Å². The van der Waals surface area contributed by atoms with Gasteiger partial charge in [0.25, 0.3) is 0 Å². The van der Waals surface area contributed by atoms with Crippen molar-refractivity contribution in [2.24, 2.45) is 0 Å². The molecule has 0 saturated heterocycles. The Morgan fingerprint density at radius 1 is 0.556 bits per heavy atom. The van der Waals surface area contributed by atoms with Crippen molar-refractivity contribution in [2.75, 3.05) is 11.5 Å². The average molecular weight is 401 g/mol. The van der Waals surface area contributed by atoms with E-state index in [1.807, 2.05) is 0 Å². The van der Waals surface area contributed by atoms with Gasteiger partial charge >= 0.3 is 5.97 Å². The van der Waals surface area contributed by atoms with E-state index in [9.17, 15) is 4.79 Å². The predicted octanol–water partition coefficient (Wildman–Crippen LogP) is 8.63. The second-order valence-electron chi connectivity index (χ2n) is 8.12. The van der Waals surface area contributed by atoms with Crippen molar-refractivity contribution in [1.29, 1.82) is 0 Å². The number of carboxylic acids is 1. The highest BCUT2D eigenvalue weighted by atomic mass is 32.2. The fourth-order valence-corrected chi connectivity index (χ4v) is 4.53. The van der Waals surface area contributed by atoms with Crippen molar-refractivity contribution in [3.8, 4) is 0 Å². The van der Waals surface area contributed by atoms with Crippen molar-refractivity contribution < 1.29 is 9.90 Å². The van der Waals surface area contributed by atoms with E-state index in [2.05, 4.69) is 18.7 Å². The van der Waals surface area contributed by atoms with Crippen molar-refractivity contribution in [1.82, 2.24) is 0 Å². The lowest BCUT2D eigenvalue weighted by atomic mass is 10.0. The maximum Gasteiger partial charge on any atom is 0.303 e. The third-order valence-corrected chi connectivity index (χ3v) is 6.48. The van der Waals surface area contributed by atoms with Gasteiger partial charge in [-0.05, 0) is 30.8 Å². The molecule has 0 aliphatic carbocycles. The predicted molar refractivity (Wildman–Crippen MR) is 123 cm³/mol. The first kappa shape index (κ1) is 26.8. The maximum atomic E-state index is 10.4. The van der Waals surface area contributed by atoms with E-state index >= 15 is 0 Å². The Morgan fingerprint density at radius 3 is 1.26 bits per heavy atom. The van der Waals surface area contributed by atoms with Crippen LogP contribution in [-0.4, -0.2) is 22.6 Å². The molecule has 0 rings (SSSR count). The molecule has 0 aromatic carbocycles. The van der Waals surface area contributed by atoms with Gasteiger partial charge in [-0.25, -0.2) is 0 Å². The van der Waals surface area contributed by atoms with Crippen LogP contribution in [0.3, 0.4) is 0 Å². The lowest BCUT2D eigenvalue weighted by molar-refractivity contribution is -0.137. The fourth-order valence-electron chi connectivity index (χ4n) is 3.51. The van der Waals surface area contributed by atoms with Crippen LogP contribution in [0.4, 0.5) is 0 Å². The van der Waals surface area contributed by atoms with E-state index in [0.29, 0.717) is 6.42 Å². The van der Waals surface area contributed by atoms with Crippen LogP contribution < -0.4 is 0 Å². The van der Waals surface area contributed by atoms with Crippen LogP contribution >= 0.6 is 11.8 Å². The Morgan fingerprint density at radius 2 is 0.889 bits per heavy atom. The van der Waals surface area contributed by atoms with Crippen molar-refractivity contribution in [3.05, 3.63) is 0 Å². The van der Waals surface area contributed by atoms with E-state index < -0.39 is 5.97 Å². The zero-order valence-corrected chi connectivity index (χ0v) is 19.1. The minimum absolute atomic E-state index is 0.337. The Hall–Kier alpha value is -0.180. The monoisotopic (exact) mass is 400 g/mol. The van der Waals surface area contributed by atoms with Gasteiger partial charge in [0.05, 0.1) is 0 Å². The molecule has 0 saturated carbocycles. The standard InChI is InChI=1S/C24H48O2S/c1-2-3-4-5-6-7-8-9-10-11-12-13-14-15-16-19-22-27-23-20-17-18-21-24(25)26/h2-23H2,1H3,(H,25,26). The number of aliphatic carboxylic acids is 1. The molecular weight excluding hydrogens is 352 g/mol. The van der Waals surface area contributed by atoms with Gasteiger partial charge in [-0.1, -0.05) is 110 Å². The molecule has 0 unspecified atom stereocenters. The van der Waals surface area contributed by atoms with E-state index in [1.54, 1.807) is 0 Å². The zero-order chi connectivity index (χ0) is 19.8. The van der Waals surface area contributed by atoms with Gasteiger partial charge < -0.3 is 5.11 Å². The van der Waals surface area contributed by atoms with Gasteiger partial charge in [-0.15, -0.1) is 0 Å². The van der Waals surface area contributed by atoms with Crippen LogP contribution in [0.1, 0.15) is 135 Å². The highest BCUT2D eigenvalue weighted by Crippen LogP contribution is 2.15. The molecule has 0 radical (unpaired) electrons. The van der Waals surface area contributed by atoms with Gasteiger partial charge in [-0.2, -0.15) is 11.8 Å². The summed E-state index contributed by atoms with van der Waals surface area (Å²) in [5, 5.41) is 8.57. The van der Waals surface area contributed by atoms with Crippen LogP contribution in [0.25, 0.3) is 0 Å². The number of rotatable bonds is 23. The minimum Gasteiger partial charge on any atom is -0.481 e. The van der Waals surface area contributed by atoms with E-state index in [1.165, 1.54) is 121 Å². The van der Waals surface area contributed by atoms with E-state index in [0.717, 1.165) is 12.8 Å². The van der Waals surface area contributed by atoms with Gasteiger partial charge in [0.2, 0.25) is 0 Å². The number of carboxylic acid groups (broad SMARTS) is 1. The molecule has 3 heteroatoms. The average Bonchev–Trinajstić information content (AvgIpc) is 2.65. The summed E-state index contributed by atoms with van der Waals surface area (Å²) >= 11 is 2.05. The molecule has 27 heavy (non-hydrogen) atoms. The smallest absolute Gasteiger partial charge is 0.303 e. The van der Waals surface area contributed by atoms with E-state index in [4.69, 9.17) is 5.11 Å². The lowest BCUT2D eigenvalue weighted by Crippen LogP contribution is -1.94. The molecule has 0 heterocycles. The lowest BCUT2D eigenvalue weighted by Gasteiger charge is -2.04. The first-order valence-corrected chi connectivity index (χ1v) is 13.2. The molecule has 0 aliphatic heterocycles. The summed E-state index contributed by atoms with van der Waals surface area (Å²) in [7, 11) is 0. The second kappa shape index (κ2) is 23.9. The van der Waals surface area contributed by atoms with Crippen LogP contribution in [0.5, 0.6) is 0 Å². The summed E-state index contributed by atoms with van der Waals surface area (Å²) in [6.07, 6.45) is 26.3. The molecule has 0 spiro atoms. The van der Waals surface area contributed by atoms with Crippen LogP contribution in [0, 0.1) is 0 Å². The van der Waals surface area contributed by atoms with Crippen molar-refractivity contribution in [3.63, 3.8) is 0 Å². The molecule has 0 fully saturated rings. The number of unbranched alkanes of at least 4 members (excludes halogenated alkanes) is 17. The maximum absolute atomic E-state index is 10.4. The summed E-state index contributed by atoms with van der Waals surface area (Å²) < 4.78 is 0. The Kier molecular flexibility index (Phi) is 23.7. The summed E-state index contributed by atoms with van der Waals surface area (Å²) in [6.45, 7) is 2.29. The fraction of sp³-hybridized carbons (Fsp3) is 0.958. The molecule has 162 valence electrons. The van der Waals surface area contributed by atoms with Crippen LogP contribution in [-0.2, 0) is 4.79 Å². The van der Waals surface area contributed by atoms with Gasteiger partial charge in [-0.3, -0.25) is 4.79 Å². The SMILES string of the molecule is CCCCCCCCCCCCCCCCCCSCCCCCC(=O)O. The molecule has 0 amide bonds. The van der Waals surface area contributed by atoms with Crippen LogP contribution in [0.15, 0.2) is 0 Å². The topological polar surface area (TPSA) is 37.3 Å². The molecule has 0 aliphatic rings. The highest BCUT2D eigenvalue weighted by Gasteiger charge is 1.97. The molecule has 0 atom stereocenters. The molecule has 0 aromatic heterocycles. The third kappa shape index (κ3) is 25.8. The number of hydrogen-bond donors (Lipinski definition) is 1. The van der Waals surface area contributed by atoms with Gasteiger partial charge in [0.1, 0.15) is 0 Å². The largest absolute Gasteiger partial charge is 0.481 e. The molecular formula is C24H48O2S. The first-order valence-electron chi connectivity index (χ1n) is 12.1. The van der Waals surface area contributed by atoms with Gasteiger partial charge in [0, 0.05) is 6.42 Å². The third-order valence-electron chi connectivity index (χ3n) is 5.32. The Labute approximate surface area is 174 Å². The Bertz CT molecular complexity index is 294. The summed E-state index contributed by atoms with van der Waals surface area (Å²) in [5.74, 6) is 1.84. The molecule has 0 aromatic rings. The number of carbonyl (C=O) groups is 1. The number of hydrogen-bond acceptors (Lipinski definition) is 2. The number of thioether (sulfide) groups is 1. The zero-order valence-electron chi connectivity index (χ0n) is 18.3. The highest BCUT2D eigenvalue weighted by molar-refractivity contribution is 7.99. The summed E-state index contributed by atoms with van der Waals surface area (Å²) in [6, 6.07) is 0. The molecule has 0 bridgehead atoms. The van der Waals surface area contributed by atoms with Crippen molar-refractivity contribution in [2.45, 2.75) is 135 Å². The first-order chi connectivity index (χ1) is 13.3. The molecule has 1 N–H and O–H groups in total. The normalized spacial score (nSPS) is 11.1. The van der Waals surface area contributed by atoms with Crippen LogP contribution in [0.2, 0.25) is 0 Å².